The van der Waals surface area contributed by atoms with Crippen LogP contribution >= 0.6 is 25.3 Å². The second-order valence-electron chi connectivity index (χ2n) is 3.60. The lowest BCUT2D eigenvalue weighted by atomic mass is 10.1. The fraction of sp³-hybridized carbons (Fsp3) is 0.600. The summed E-state index contributed by atoms with van der Waals surface area (Å²) in [5.41, 5.74) is 5.04. The maximum Gasteiger partial charge on any atom is 0.217 e. The summed E-state index contributed by atoms with van der Waals surface area (Å²) >= 11 is 7.85. The number of thiol groups is 2. The van der Waals surface area contributed by atoms with Crippen LogP contribution in [0.3, 0.4) is 0 Å². The number of nitrogens with one attached hydrogen (secondary N) is 2. The van der Waals surface area contributed by atoms with Crippen molar-refractivity contribution in [2.24, 2.45) is 0 Å². The van der Waals surface area contributed by atoms with Gasteiger partial charge in [0.25, 0.3) is 0 Å². The molecule has 0 saturated heterocycles. The molecule has 0 saturated carbocycles. The fourth-order valence-corrected chi connectivity index (χ4v) is 1.59. The van der Waals surface area contributed by atoms with Crippen molar-refractivity contribution in [3.63, 3.8) is 0 Å². The minimum atomic E-state index is -0.854. The van der Waals surface area contributed by atoms with E-state index in [1.54, 1.807) is 0 Å². The van der Waals surface area contributed by atoms with Crippen LogP contribution in [0.4, 0.5) is 0 Å². The second kappa shape index (κ2) is 8.41. The number of carbonyl (C=O) groups is 4. The van der Waals surface area contributed by atoms with Gasteiger partial charge in [0.15, 0.2) is 11.6 Å². The van der Waals surface area contributed by atoms with E-state index < -0.39 is 35.2 Å². The SMILES string of the molecule is CC(=O)C(=O)[C@H](CS)NN[C@@H](CS)C(=O)C(C)=O. The molecule has 0 aliphatic rings. The predicted octanol–water partition coefficient (Wildman–Crippen LogP) is -1.01. The van der Waals surface area contributed by atoms with Gasteiger partial charge in [-0.3, -0.25) is 19.2 Å². The Balaban J connectivity index is 4.51. The van der Waals surface area contributed by atoms with Gasteiger partial charge in [-0.15, -0.1) is 0 Å². The number of hydrazine groups is 1. The smallest absolute Gasteiger partial charge is 0.217 e. The van der Waals surface area contributed by atoms with Crippen LogP contribution < -0.4 is 10.9 Å². The first-order valence-electron chi connectivity index (χ1n) is 5.17. The average Bonchev–Trinajstić information content (AvgIpc) is 2.33. The lowest BCUT2D eigenvalue weighted by Gasteiger charge is -2.19. The lowest BCUT2D eigenvalue weighted by Crippen LogP contribution is -2.55. The number of Topliss-reactive ketones (excluding diaryl/α,β-unsaturated/α-hetero) is 4. The molecule has 0 heterocycles. The van der Waals surface area contributed by atoms with Gasteiger partial charge < -0.3 is 0 Å². The monoisotopic (exact) mass is 292 g/mol. The van der Waals surface area contributed by atoms with Crippen molar-refractivity contribution in [1.29, 1.82) is 0 Å². The van der Waals surface area contributed by atoms with Gasteiger partial charge in [-0.1, -0.05) is 0 Å². The molecule has 6 nitrogen and oxygen atoms in total. The Labute approximate surface area is 116 Å². The van der Waals surface area contributed by atoms with Crippen molar-refractivity contribution >= 4 is 48.4 Å². The largest absolute Gasteiger partial charge is 0.291 e. The van der Waals surface area contributed by atoms with Gasteiger partial charge in [0, 0.05) is 25.4 Å². The van der Waals surface area contributed by atoms with Crippen molar-refractivity contribution in [2.75, 3.05) is 11.5 Å². The summed E-state index contributed by atoms with van der Waals surface area (Å²) in [4.78, 5) is 44.6. The van der Waals surface area contributed by atoms with Crippen molar-refractivity contribution in [1.82, 2.24) is 10.9 Å². The highest BCUT2D eigenvalue weighted by Crippen LogP contribution is 1.94. The van der Waals surface area contributed by atoms with Crippen molar-refractivity contribution in [3.8, 4) is 0 Å². The van der Waals surface area contributed by atoms with Crippen LogP contribution in [0, 0.1) is 0 Å². The van der Waals surface area contributed by atoms with Crippen molar-refractivity contribution in [2.45, 2.75) is 25.9 Å². The summed E-state index contributed by atoms with van der Waals surface area (Å²) in [5.74, 6) is -2.35. The molecule has 0 aromatic carbocycles. The zero-order valence-corrected chi connectivity index (χ0v) is 11.9. The van der Waals surface area contributed by atoms with E-state index in [-0.39, 0.29) is 11.5 Å². The summed E-state index contributed by atoms with van der Waals surface area (Å²) in [7, 11) is 0. The summed E-state index contributed by atoms with van der Waals surface area (Å²) in [6, 6.07) is -1.71. The molecule has 0 unspecified atom stereocenters. The van der Waals surface area contributed by atoms with E-state index in [1.165, 1.54) is 0 Å². The number of rotatable bonds is 9. The van der Waals surface area contributed by atoms with Gasteiger partial charge >= 0.3 is 0 Å². The predicted molar refractivity (Wildman–Crippen MR) is 72.9 cm³/mol. The number of hydrogen-bond donors (Lipinski definition) is 4. The van der Waals surface area contributed by atoms with Gasteiger partial charge in [0.05, 0.1) is 12.1 Å². The van der Waals surface area contributed by atoms with Gasteiger partial charge in [0.2, 0.25) is 11.6 Å². The first kappa shape index (κ1) is 17.3. The summed E-state index contributed by atoms with van der Waals surface area (Å²) in [5, 5.41) is 0. The molecule has 0 aliphatic heterocycles. The molecule has 2 N–H and O–H groups in total. The van der Waals surface area contributed by atoms with E-state index in [2.05, 4.69) is 36.1 Å². The molecule has 0 amide bonds. The Bertz CT molecular complexity index is 326. The van der Waals surface area contributed by atoms with Crippen LogP contribution in [0.5, 0.6) is 0 Å². The first-order chi connectivity index (χ1) is 8.34. The quantitative estimate of drug-likeness (QED) is 0.247. The zero-order chi connectivity index (χ0) is 14.3. The van der Waals surface area contributed by atoms with Gasteiger partial charge in [-0.05, 0) is 0 Å². The fourth-order valence-electron chi connectivity index (χ4n) is 1.08. The maximum atomic E-state index is 11.4. The molecule has 102 valence electrons. The highest BCUT2D eigenvalue weighted by Gasteiger charge is 2.25. The molecule has 0 fully saturated rings. The number of carbonyl (C=O) groups excluding carboxylic acids is 4. The molecular weight excluding hydrogens is 276 g/mol. The summed E-state index contributed by atoms with van der Waals surface area (Å²) in [6.45, 7) is 2.30. The minimum absolute atomic E-state index is 0.0823. The standard InChI is InChI=1S/C10H16N2O4S2/c1-5(13)9(15)7(3-17)11-12-8(4-18)10(16)6(2)14/h7-8,11-12,17-18H,3-4H2,1-2H3/t7-,8-/m0/s1. The molecule has 2 atom stereocenters. The lowest BCUT2D eigenvalue weighted by molar-refractivity contribution is -0.137. The average molecular weight is 292 g/mol. The van der Waals surface area contributed by atoms with Crippen LogP contribution in [0.15, 0.2) is 0 Å². The topological polar surface area (TPSA) is 92.3 Å². The van der Waals surface area contributed by atoms with Crippen molar-refractivity contribution in [3.05, 3.63) is 0 Å². The minimum Gasteiger partial charge on any atom is -0.291 e. The summed E-state index contributed by atoms with van der Waals surface area (Å²) < 4.78 is 0. The third-order valence-corrected chi connectivity index (χ3v) is 2.85. The van der Waals surface area contributed by atoms with E-state index in [0.717, 1.165) is 13.8 Å². The normalized spacial score (nSPS) is 13.8. The molecule has 0 aliphatic carbocycles. The Kier molecular flexibility index (Phi) is 8.08. The second-order valence-corrected chi connectivity index (χ2v) is 4.33. The number of hydrogen-bond acceptors (Lipinski definition) is 8. The molecule has 0 radical (unpaired) electrons. The molecule has 0 aromatic heterocycles. The highest BCUT2D eigenvalue weighted by molar-refractivity contribution is 7.80. The first-order valence-corrected chi connectivity index (χ1v) is 6.44. The Morgan fingerprint density at radius 1 is 0.833 bits per heavy atom. The molecule has 0 bridgehead atoms. The third kappa shape index (κ3) is 5.30. The van der Waals surface area contributed by atoms with Gasteiger partial charge in [-0.25, -0.2) is 10.9 Å². The number of ketones is 4. The molecule has 0 rings (SSSR count). The van der Waals surface area contributed by atoms with Gasteiger partial charge in [0.1, 0.15) is 0 Å². The van der Waals surface area contributed by atoms with Crippen LogP contribution in [-0.4, -0.2) is 46.7 Å². The third-order valence-electron chi connectivity index (χ3n) is 2.12. The van der Waals surface area contributed by atoms with E-state index >= 15 is 0 Å². The van der Waals surface area contributed by atoms with E-state index in [9.17, 15) is 19.2 Å². The van der Waals surface area contributed by atoms with Gasteiger partial charge in [-0.2, -0.15) is 25.3 Å². The van der Waals surface area contributed by atoms with Crippen LogP contribution in [0.2, 0.25) is 0 Å². The highest BCUT2D eigenvalue weighted by atomic mass is 32.1. The van der Waals surface area contributed by atoms with E-state index in [0.29, 0.717) is 0 Å². The molecule has 0 spiro atoms. The van der Waals surface area contributed by atoms with Crippen LogP contribution in [0.25, 0.3) is 0 Å². The van der Waals surface area contributed by atoms with E-state index in [4.69, 9.17) is 0 Å². The Morgan fingerprint density at radius 3 is 1.28 bits per heavy atom. The maximum absolute atomic E-state index is 11.4. The zero-order valence-electron chi connectivity index (χ0n) is 10.1. The summed E-state index contributed by atoms with van der Waals surface area (Å²) in [6.07, 6.45) is 0. The van der Waals surface area contributed by atoms with E-state index in [1.807, 2.05) is 0 Å². The van der Waals surface area contributed by atoms with Crippen LogP contribution in [-0.2, 0) is 19.2 Å². The molecular formula is C10H16N2O4S2. The van der Waals surface area contributed by atoms with Crippen molar-refractivity contribution < 1.29 is 19.2 Å². The Morgan fingerprint density at radius 2 is 1.11 bits per heavy atom. The molecule has 18 heavy (non-hydrogen) atoms. The Hall–Kier alpha value is -0.700. The van der Waals surface area contributed by atoms with Crippen LogP contribution in [0.1, 0.15) is 13.8 Å². The molecule has 8 heteroatoms. The molecule has 0 aromatic rings.